The van der Waals surface area contributed by atoms with E-state index in [4.69, 9.17) is 5.73 Å². The first-order chi connectivity index (χ1) is 11.3. The highest BCUT2D eigenvalue weighted by atomic mass is 32.1. The molecule has 0 spiro atoms. The van der Waals surface area contributed by atoms with Gasteiger partial charge < -0.3 is 5.73 Å². The first-order valence-electron chi connectivity index (χ1n) is 6.88. The molecule has 0 saturated heterocycles. The van der Waals surface area contributed by atoms with Gasteiger partial charge in [0.05, 0.1) is 15.9 Å². The van der Waals surface area contributed by atoms with Gasteiger partial charge >= 0.3 is 0 Å². The van der Waals surface area contributed by atoms with Gasteiger partial charge in [0, 0.05) is 0 Å². The normalized spacial score (nSPS) is 11.5. The Morgan fingerprint density at radius 3 is 2.43 bits per heavy atom. The van der Waals surface area contributed by atoms with Gasteiger partial charge in [0.25, 0.3) is 0 Å². The predicted octanol–water partition coefficient (Wildman–Crippen LogP) is 5.42. The van der Waals surface area contributed by atoms with Gasteiger partial charge in [0.15, 0.2) is 10.1 Å². The van der Waals surface area contributed by atoms with Crippen molar-refractivity contribution in [3.05, 3.63) is 54.6 Å². The molecule has 2 heterocycles. The number of nitrogens with zero attached hydrogens (tertiary/aromatic N) is 4. The van der Waals surface area contributed by atoms with Crippen molar-refractivity contribution < 1.29 is 0 Å². The van der Waals surface area contributed by atoms with Crippen LogP contribution in [0, 0.1) is 0 Å². The highest BCUT2D eigenvalue weighted by molar-refractivity contribution is 7.23. The highest BCUT2D eigenvalue weighted by Crippen LogP contribution is 2.40. The number of anilines is 1. The lowest BCUT2D eigenvalue weighted by atomic mass is 10.3. The molecule has 0 saturated carbocycles. The van der Waals surface area contributed by atoms with Crippen LogP contribution >= 0.6 is 22.7 Å². The summed E-state index contributed by atoms with van der Waals surface area (Å²) in [5, 5.41) is 10.5. The monoisotopic (exact) mass is 337 g/mol. The van der Waals surface area contributed by atoms with Crippen LogP contribution in [0.3, 0.4) is 0 Å². The van der Waals surface area contributed by atoms with Crippen LogP contribution in [0.15, 0.2) is 64.8 Å². The van der Waals surface area contributed by atoms with Crippen LogP contribution in [0.2, 0.25) is 0 Å². The quantitative estimate of drug-likeness (QED) is 0.507. The molecule has 0 radical (unpaired) electrons. The van der Waals surface area contributed by atoms with Crippen molar-refractivity contribution in [3.8, 4) is 10.7 Å². The van der Waals surface area contributed by atoms with E-state index < -0.39 is 0 Å². The van der Waals surface area contributed by atoms with Crippen LogP contribution in [0.1, 0.15) is 0 Å². The molecule has 0 fully saturated rings. The molecule has 5 nitrogen and oxygen atoms in total. The molecule has 0 bridgehead atoms. The number of hydrogen-bond acceptors (Lipinski definition) is 7. The van der Waals surface area contributed by atoms with E-state index >= 15 is 0 Å². The largest absolute Gasteiger partial charge is 0.375 e. The maximum Gasteiger partial charge on any atom is 0.182 e. The molecule has 2 aromatic carbocycles. The molecule has 4 aromatic rings. The van der Waals surface area contributed by atoms with E-state index in [0.717, 1.165) is 20.9 Å². The smallest absolute Gasteiger partial charge is 0.182 e. The fourth-order valence-electron chi connectivity index (χ4n) is 2.11. The molecular weight excluding hydrogens is 326 g/mol. The maximum absolute atomic E-state index is 5.86. The number of hydrogen-bond donors (Lipinski definition) is 1. The highest BCUT2D eigenvalue weighted by Gasteiger charge is 2.16. The van der Waals surface area contributed by atoms with Gasteiger partial charge in [-0.15, -0.1) is 21.6 Å². The van der Waals surface area contributed by atoms with E-state index in [2.05, 4.69) is 20.2 Å². The van der Waals surface area contributed by atoms with Crippen LogP contribution in [0.5, 0.6) is 0 Å². The number of rotatable bonds is 3. The molecule has 0 amide bonds. The van der Waals surface area contributed by atoms with Gasteiger partial charge in [-0.1, -0.05) is 41.7 Å². The van der Waals surface area contributed by atoms with Crippen LogP contribution in [-0.4, -0.2) is 9.97 Å². The second-order valence-electron chi connectivity index (χ2n) is 4.73. The summed E-state index contributed by atoms with van der Waals surface area (Å²) in [5.74, 6) is 0. The van der Waals surface area contributed by atoms with Crippen LogP contribution < -0.4 is 5.73 Å². The molecule has 7 heteroatoms. The summed E-state index contributed by atoms with van der Waals surface area (Å²) in [6, 6.07) is 17.6. The zero-order valence-electron chi connectivity index (χ0n) is 11.9. The van der Waals surface area contributed by atoms with Gasteiger partial charge in [-0.3, -0.25) is 0 Å². The van der Waals surface area contributed by atoms with E-state index in [1.807, 2.05) is 54.6 Å². The second-order valence-corrected chi connectivity index (χ2v) is 6.77. The minimum absolute atomic E-state index is 0.460. The topological polar surface area (TPSA) is 76.5 Å². The predicted molar refractivity (Wildman–Crippen MR) is 95.8 cm³/mol. The molecule has 0 unspecified atom stereocenters. The van der Waals surface area contributed by atoms with Crippen molar-refractivity contribution in [2.24, 2.45) is 10.2 Å². The number of para-hydroxylation sites is 1. The average Bonchev–Trinajstić information content (AvgIpc) is 3.16. The van der Waals surface area contributed by atoms with E-state index in [0.29, 0.717) is 15.8 Å². The third kappa shape index (κ3) is 2.84. The van der Waals surface area contributed by atoms with Crippen LogP contribution in [-0.2, 0) is 0 Å². The Morgan fingerprint density at radius 1 is 0.826 bits per heavy atom. The first-order valence-corrected chi connectivity index (χ1v) is 8.52. The fourth-order valence-corrected chi connectivity index (χ4v) is 3.78. The van der Waals surface area contributed by atoms with Crippen LogP contribution in [0.4, 0.5) is 15.8 Å². The number of aromatic nitrogens is 2. The third-order valence-electron chi connectivity index (χ3n) is 3.13. The molecule has 2 N–H and O–H groups in total. The summed E-state index contributed by atoms with van der Waals surface area (Å²) in [4.78, 5) is 9.00. The molecule has 0 aliphatic carbocycles. The number of nitrogen functional groups attached to an aromatic ring is 1. The Morgan fingerprint density at radius 2 is 1.61 bits per heavy atom. The molecular formula is C16H11N5S2. The lowest BCUT2D eigenvalue weighted by Crippen LogP contribution is -1.82. The van der Waals surface area contributed by atoms with Crippen molar-refractivity contribution in [1.82, 2.24) is 9.97 Å². The van der Waals surface area contributed by atoms with Gasteiger partial charge in [-0.25, -0.2) is 9.97 Å². The first kappa shape index (κ1) is 14.0. The summed E-state index contributed by atoms with van der Waals surface area (Å²) in [5.41, 5.74) is 8.29. The lowest BCUT2D eigenvalue weighted by Gasteiger charge is -1.92. The molecule has 4 rings (SSSR count). The summed E-state index contributed by atoms with van der Waals surface area (Å²) in [7, 11) is 0. The number of benzene rings is 2. The van der Waals surface area contributed by atoms with E-state index in [9.17, 15) is 0 Å². The minimum Gasteiger partial charge on any atom is -0.375 e. The fraction of sp³-hybridized carbons (Fsp3) is 0. The van der Waals surface area contributed by atoms with Gasteiger partial charge in [-0.2, -0.15) is 0 Å². The molecule has 112 valence electrons. The van der Waals surface area contributed by atoms with Crippen molar-refractivity contribution in [3.63, 3.8) is 0 Å². The van der Waals surface area contributed by atoms with Crippen LogP contribution in [0.25, 0.3) is 20.9 Å². The minimum atomic E-state index is 0.460. The Kier molecular flexibility index (Phi) is 3.57. The average molecular weight is 337 g/mol. The number of nitrogens with two attached hydrogens (primary N) is 1. The zero-order chi connectivity index (χ0) is 15.6. The Bertz CT molecular complexity index is 955. The molecule has 0 aliphatic heterocycles. The Hall–Kier alpha value is -2.64. The summed E-state index contributed by atoms with van der Waals surface area (Å²) in [6.07, 6.45) is 0. The van der Waals surface area contributed by atoms with Gasteiger partial charge in [-0.05, 0) is 24.3 Å². The van der Waals surface area contributed by atoms with E-state index in [1.165, 1.54) is 11.3 Å². The summed E-state index contributed by atoms with van der Waals surface area (Å²) in [6.45, 7) is 0. The molecule has 0 atom stereocenters. The van der Waals surface area contributed by atoms with Crippen molar-refractivity contribution in [2.45, 2.75) is 0 Å². The van der Waals surface area contributed by atoms with E-state index in [1.54, 1.807) is 11.3 Å². The van der Waals surface area contributed by atoms with E-state index in [-0.39, 0.29) is 0 Å². The third-order valence-corrected chi connectivity index (χ3v) is 4.95. The SMILES string of the molecule is Nc1nc(-c2nc3ccccc3s2)c(N=Nc2ccccc2)s1. The van der Waals surface area contributed by atoms with Gasteiger partial charge in [0.2, 0.25) is 0 Å². The zero-order valence-corrected chi connectivity index (χ0v) is 13.5. The van der Waals surface area contributed by atoms with Crippen molar-refractivity contribution >= 4 is 48.7 Å². The van der Waals surface area contributed by atoms with Crippen molar-refractivity contribution in [1.29, 1.82) is 0 Å². The molecule has 0 aliphatic rings. The second kappa shape index (κ2) is 5.86. The number of thiazole rings is 2. The Labute approximate surface area is 140 Å². The number of azo groups is 1. The van der Waals surface area contributed by atoms with Crippen molar-refractivity contribution in [2.75, 3.05) is 5.73 Å². The standard InChI is InChI=1S/C16H11N5S2/c17-16-19-13(14-18-11-8-4-5-9-12(11)22-14)15(23-16)21-20-10-6-2-1-3-7-10/h1-9H,(H2,17,19). The number of fused-ring (bicyclic) bond motifs is 1. The Balaban J connectivity index is 1.76. The molecule has 2 aromatic heterocycles. The summed E-state index contributed by atoms with van der Waals surface area (Å²) < 4.78 is 1.11. The lowest BCUT2D eigenvalue weighted by molar-refractivity contribution is 1.24. The van der Waals surface area contributed by atoms with Gasteiger partial charge in [0.1, 0.15) is 10.7 Å². The maximum atomic E-state index is 5.86. The summed E-state index contributed by atoms with van der Waals surface area (Å²) >= 11 is 2.89. The molecule has 23 heavy (non-hydrogen) atoms.